The van der Waals surface area contributed by atoms with E-state index in [1.54, 1.807) is 25.0 Å². The molecule has 1 aromatic carbocycles. The largest absolute Gasteiger partial charge is 0.507 e. The molecule has 3 aliphatic rings. The third kappa shape index (κ3) is 4.50. The van der Waals surface area contributed by atoms with Gasteiger partial charge in [0.05, 0.1) is 36.1 Å². The number of nitrogens with two attached hydrogens (primary N) is 1. The molecule has 6 atom stereocenters. The zero-order valence-corrected chi connectivity index (χ0v) is 25.5. The Kier molecular flexibility index (Phi) is 7.17. The van der Waals surface area contributed by atoms with Crippen molar-refractivity contribution in [1.29, 1.82) is 0 Å². The number of ketones is 4. The van der Waals surface area contributed by atoms with Crippen LogP contribution < -0.4 is 10.6 Å². The predicted octanol–water partition coefficient (Wildman–Crippen LogP) is 0.475. The third-order valence-corrected chi connectivity index (χ3v) is 9.35. The molecule has 1 amide bonds. The zero-order chi connectivity index (χ0) is 31.9. The van der Waals surface area contributed by atoms with E-state index in [9.17, 15) is 34.2 Å². The minimum absolute atomic E-state index is 0.00386. The van der Waals surface area contributed by atoms with Gasteiger partial charge in [0, 0.05) is 42.9 Å². The van der Waals surface area contributed by atoms with Gasteiger partial charge in [-0.25, -0.2) is 4.98 Å². The quantitative estimate of drug-likeness (QED) is 0.413. The molecule has 0 aliphatic heterocycles. The highest BCUT2D eigenvalue weighted by molar-refractivity contribution is 6.32. The molecular formula is C31H39N5O7. The van der Waals surface area contributed by atoms with Crippen LogP contribution in [0.2, 0.25) is 0 Å². The molecule has 2 fully saturated rings. The van der Waals surface area contributed by atoms with Crippen LogP contribution in [0.15, 0.2) is 18.6 Å². The molecule has 2 aromatic rings. The summed E-state index contributed by atoms with van der Waals surface area (Å²) in [5, 5.41) is 23.3. The number of hydrogen-bond donors (Lipinski definition) is 3. The van der Waals surface area contributed by atoms with E-state index in [0.717, 1.165) is 5.69 Å². The summed E-state index contributed by atoms with van der Waals surface area (Å²) >= 11 is 0. The van der Waals surface area contributed by atoms with Gasteiger partial charge in [0.25, 0.3) is 0 Å². The Labute approximate surface area is 249 Å². The molecule has 1 aromatic heterocycles. The average Bonchev–Trinajstić information content (AvgIpc) is 3.36. The maximum Gasteiger partial charge on any atom is 0.235 e. The van der Waals surface area contributed by atoms with Gasteiger partial charge in [0.1, 0.15) is 5.75 Å². The molecule has 0 spiro atoms. The van der Waals surface area contributed by atoms with Crippen molar-refractivity contribution >= 4 is 34.7 Å². The van der Waals surface area contributed by atoms with Gasteiger partial charge in [0.15, 0.2) is 34.7 Å². The molecule has 230 valence electrons. The molecule has 0 bridgehead atoms. The zero-order valence-electron chi connectivity index (χ0n) is 25.5. The van der Waals surface area contributed by atoms with Gasteiger partial charge in [-0.1, -0.05) is 20.8 Å². The number of Topliss-reactive ketones (excluding diaryl/α,β-unsaturated/α-hetero) is 4. The second kappa shape index (κ2) is 10.1. The number of aromatic hydroxyl groups is 1. The fourth-order valence-electron chi connectivity index (χ4n) is 7.26. The summed E-state index contributed by atoms with van der Waals surface area (Å²) in [6.07, 6.45) is 3.73. The van der Waals surface area contributed by atoms with Gasteiger partial charge >= 0.3 is 0 Å². The summed E-state index contributed by atoms with van der Waals surface area (Å²) < 4.78 is 1.81. The van der Waals surface area contributed by atoms with Gasteiger partial charge < -0.3 is 25.4 Å². The first kappa shape index (κ1) is 30.6. The number of imidazole rings is 1. The lowest BCUT2D eigenvalue weighted by Gasteiger charge is -2.52. The molecule has 12 heteroatoms. The predicted molar refractivity (Wildman–Crippen MR) is 156 cm³/mol. The van der Waals surface area contributed by atoms with Crippen LogP contribution in [0.3, 0.4) is 0 Å². The first-order valence-corrected chi connectivity index (χ1v) is 14.3. The number of nitrogens with zero attached hydrogens (tertiary/aromatic N) is 4. The molecule has 12 nitrogen and oxygen atoms in total. The molecule has 2 unspecified atom stereocenters. The van der Waals surface area contributed by atoms with Gasteiger partial charge in [0.2, 0.25) is 5.91 Å². The molecule has 43 heavy (non-hydrogen) atoms. The van der Waals surface area contributed by atoms with Gasteiger partial charge in [-0.3, -0.25) is 28.9 Å². The maximum absolute atomic E-state index is 14.2. The third-order valence-electron chi connectivity index (χ3n) is 9.35. The number of phenols is 1. The molecule has 3 aliphatic carbocycles. The van der Waals surface area contributed by atoms with Gasteiger partial charge in [-0.05, 0) is 44.5 Å². The number of carbonyl (C=O) groups excluding carboxylic acids is 5. The summed E-state index contributed by atoms with van der Waals surface area (Å²) in [6.45, 7) is 6.31. The van der Waals surface area contributed by atoms with Gasteiger partial charge in [-0.15, -0.1) is 0 Å². The van der Waals surface area contributed by atoms with E-state index in [0.29, 0.717) is 16.8 Å². The van der Waals surface area contributed by atoms with Crippen LogP contribution in [0, 0.1) is 23.7 Å². The molecule has 0 radical (unpaired) electrons. The van der Waals surface area contributed by atoms with Crippen LogP contribution >= 0.6 is 0 Å². The Morgan fingerprint density at radius 2 is 1.79 bits per heavy atom. The Morgan fingerprint density at radius 1 is 1.14 bits per heavy atom. The summed E-state index contributed by atoms with van der Waals surface area (Å²) in [7, 11) is 6.75. The van der Waals surface area contributed by atoms with E-state index in [-0.39, 0.29) is 36.1 Å². The van der Waals surface area contributed by atoms with Crippen molar-refractivity contribution < 1.29 is 34.2 Å². The maximum atomic E-state index is 14.2. The van der Waals surface area contributed by atoms with Crippen LogP contribution in [-0.4, -0.2) is 93.5 Å². The average molecular weight is 594 g/mol. The minimum atomic E-state index is -2.76. The number of aliphatic hydroxyl groups is 1. The summed E-state index contributed by atoms with van der Waals surface area (Å²) in [4.78, 5) is 75.1. The topological polar surface area (TPSA) is 176 Å². The van der Waals surface area contributed by atoms with Crippen molar-refractivity contribution in [3.05, 3.63) is 41.0 Å². The number of amides is 1. The minimum Gasteiger partial charge on any atom is -0.507 e. The van der Waals surface area contributed by atoms with Crippen molar-refractivity contribution in [2.45, 2.75) is 57.2 Å². The van der Waals surface area contributed by atoms with Gasteiger partial charge in [-0.2, -0.15) is 0 Å². The van der Waals surface area contributed by atoms with Crippen molar-refractivity contribution in [2.75, 3.05) is 33.1 Å². The summed E-state index contributed by atoms with van der Waals surface area (Å²) in [6, 6.07) is 0.673. The monoisotopic (exact) mass is 593 g/mol. The Bertz CT molecular complexity index is 1570. The number of phenolic OH excluding ortho intramolecular Hbond substituents is 1. The highest BCUT2D eigenvalue weighted by atomic mass is 16.3. The van der Waals surface area contributed by atoms with Crippen LogP contribution in [0.4, 0.5) is 5.69 Å². The second-order valence-corrected chi connectivity index (χ2v) is 13.6. The number of hydrogen-bond acceptors (Lipinski definition) is 10. The summed E-state index contributed by atoms with van der Waals surface area (Å²) in [5.41, 5.74) is 4.96. The lowest BCUT2D eigenvalue weighted by Crippen LogP contribution is -2.74. The molecule has 2 saturated carbocycles. The number of primary amides is 1. The molecule has 0 saturated heterocycles. The van der Waals surface area contributed by atoms with Crippen LogP contribution in [0.5, 0.6) is 5.75 Å². The Morgan fingerprint density at radius 3 is 2.33 bits per heavy atom. The van der Waals surface area contributed by atoms with Crippen molar-refractivity contribution in [3.8, 4) is 5.75 Å². The smallest absolute Gasteiger partial charge is 0.235 e. The van der Waals surface area contributed by atoms with E-state index in [4.69, 9.17) is 5.73 Å². The molecule has 5 rings (SSSR count). The number of carbonyl (C=O) groups is 5. The first-order chi connectivity index (χ1) is 19.9. The standard InChI is InChI=1S/C31H39N5O7/c1-30(2,3)19-12-36(13-33-19)11-15-10-18(34(4)5)16-8-14-9-17-23(35(6)7)26(39)22(29(32)42)28(41)31(17,43)27(40)20(14)25(38)21(16)24(15)37/h10,12-14,17,20,22-23,37,43H,8-9,11H2,1-7H3,(H2,32,42)/t14-,17-,20?,22?,23-,31-/m0/s1. The van der Waals surface area contributed by atoms with Crippen molar-refractivity contribution in [1.82, 2.24) is 14.5 Å². The lowest BCUT2D eigenvalue weighted by molar-refractivity contribution is -0.181. The van der Waals surface area contributed by atoms with Crippen molar-refractivity contribution in [3.63, 3.8) is 0 Å². The highest BCUT2D eigenvalue weighted by Crippen LogP contribution is 2.52. The fourth-order valence-corrected chi connectivity index (χ4v) is 7.26. The number of benzene rings is 1. The molecule has 4 N–H and O–H groups in total. The van der Waals surface area contributed by atoms with Crippen LogP contribution in [0.1, 0.15) is 54.4 Å². The number of rotatable bonds is 5. The number of aromatic nitrogens is 2. The highest BCUT2D eigenvalue weighted by Gasteiger charge is 2.69. The SMILES string of the molecule is CN(C)c1cc(Cn2cnc(C(C)(C)C)c2)c(O)c2c1C[C@H]1C[C@H]3[C@H](N(C)C)C(=O)C(C(N)=O)C(=O)[C@@]3(O)C(=O)C1C2=O. The number of fused-ring (bicyclic) bond motifs is 3. The first-order valence-electron chi connectivity index (χ1n) is 14.3. The fraction of sp³-hybridized carbons (Fsp3) is 0.548. The number of likely N-dealkylation sites (N-methyl/N-ethyl adjacent to an activating group) is 1. The Hall–Kier alpha value is -3.90. The van der Waals surface area contributed by atoms with E-state index >= 15 is 0 Å². The number of anilines is 1. The van der Waals surface area contributed by atoms with E-state index in [1.807, 2.05) is 52.0 Å². The summed E-state index contributed by atoms with van der Waals surface area (Å²) in [5.74, 6) is -10.6. The second-order valence-electron chi connectivity index (χ2n) is 13.6. The van der Waals surface area contributed by atoms with Crippen molar-refractivity contribution in [2.24, 2.45) is 29.4 Å². The lowest BCUT2D eigenvalue weighted by atomic mass is 9.52. The molecule has 1 heterocycles. The van der Waals surface area contributed by atoms with E-state index in [2.05, 4.69) is 4.98 Å². The molecular weight excluding hydrogens is 554 g/mol. The van der Waals surface area contributed by atoms with Crippen LogP contribution in [-0.2, 0) is 37.6 Å². The Balaban J connectivity index is 1.62. The normalized spacial score (nSPS) is 28.9. The van der Waals surface area contributed by atoms with E-state index < -0.39 is 64.4 Å². The van der Waals surface area contributed by atoms with E-state index in [1.165, 1.54) is 4.90 Å². The van der Waals surface area contributed by atoms with Crippen LogP contribution in [0.25, 0.3) is 0 Å².